The number of ether oxygens (including phenoxy) is 1. The molecular formula is C15H18N2O3. The van der Waals surface area contributed by atoms with E-state index in [-0.39, 0.29) is 18.4 Å². The SMILES string of the molecule is Cc1cc(CC(=O)Nc2ccccc2OC(C)C)no1. The van der Waals surface area contributed by atoms with Gasteiger partial charge in [0.25, 0.3) is 0 Å². The number of rotatable bonds is 5. The molecule has 0 saturated heterocycles. The van der Waals surface area contributed by atoms with Crippen molar-refractivity contribution < 1.29 is 14.1 Å². The number of aryl methyl sites for hydroxylation is 1. The van der Waals surface area contributed by atoms with E-state index in [2.05, 4.69) is 10.5 Å². The van der Waals surface area contributed by atoms with E-state index in [1.54, 1.807) is 13.0 Å². The van der Waals surface area contributed by atoms with Crippen LogP contribution in [-0.4, -0.2) is 17.2 Å². The van der Waals surface area contributed by atoms with E-state index in [0.717, 1.165) is 0 Å². The maximum atomic E-state index is 12.0. The van der Waals surface area contributed by atoms with Crippen LogP contribution in [0.15, 0.2) is 34.9 Å². The second-order valence-corrected chi connectivity index (χ2v) is 4.82. The molecule has 0 aliphatic rings. The molecule has 1 heterocycles. The fraction of sp³-hybridized carbons (Fsp3) is 0.333. The molecule has 0 bridgehead atoms. The van der Waals surface area contributed by atoms with Gasteiger partial charge in [0.05, 0.1) is 23.9 Å². The zero-order valence-corrected chi connectivity index (χ0v) is 11.8. The van der Waals surface area contributed by atoms with Gasteiger partial charge >= 0.3 is 0 Å². The number of benzene rings is 1. The van der Waals surface area contributed by atoms with Gasteiger partial charge in [-0.25, -0.2) is 0 Å². The summed E-state index contributed by atoms with van der Waals surface area (Å²) in [6, 6.07) is 9.10. The van der Waals surface area contributed by atoms with Crippen molar-refractivity contribution in [1.29, 1.82) is 0 Å². The summed E-state index contributed by atoms with van der Waals surface area (Å²) in [4.78, 5) is 12.0. The zero-order chi connectivity index (χ0) is 14.5. The summed E-state index contributed by atoms with van der Waals surface area (Å²) < 4.78 is 10.6. The number of aromatic nitrogens is 1. The maximum Gasteiger partial charge on any atom is 0.230 e. The first-order valence-corrected chi connectivity index (χ1v) is 6.52. The van der Waals surface area contributed by atoms with Crippen LogP contribution in [0.1, 0.15) is 25.3 Å². The highest BCUT2D eigenvalue weighted by Crippen LogP contribution is 2.24. The quantitative estimate of drug-likeness (QED) is 0.910. The van der Waals surface area contributed by atoms with Gasteiger partial charge in [-0.15, -0.1) is 0 Å². The third kappa shape index (κ3) is 3.85. The van der Waals surface area contributed by atoms with Crippen LogP contribution >= 0.6 is 0 Å². The summed E-state index contributed by atoms with van der Waals surface area (Å²) in [5.74, 6) is 1.20. The second-order valence-electron chi connectivity index (χ2n) is 4.82. The Balaban J connectivity index is 2.04. The predicted molar refractivity (Wildman–Crippen MR) is 75.8 cm³/mol. The summed E-state index contributed by atoms with van der Waals surface area (Å²) in [7, 11) is 0. The van der Waals surface area contributed by atoms with Gasteiger partial charge in [0.2, 0.25) is 5.91 Å². The summed E-state index contributed by atoms with van der Waals surface area (Å²) in [5, 5.41) is 6.63. The summed E-state index contributed by atoms with van der Waals surface area (Å²) in [6.07, 6.45) is 0.221. The first kappa shape index (κ1) is 14.1. The average Bonchev–Trinajstić information content (AvgIpc) is 2.76. The molecule has 0 radical (unpaired) electrons. The molecule has 2 aromatic rings. The van der Waals surface area contributed by atoms with Gasteiger partial charge < -0.3 is 14.6 Å². The largest absolute Gasteiger partial charge is 0.489 e. The summed E-state index contributed by atoms with van der Waals surface area (Å²) in [5.41, 5.74) is 1.27. The summed E-state index contributed by atoms with van der Waals surface area (Å²) in [6.45, 7) is 5.67. The van der Waals surface area contributed by atoms with Crippen LogP contribution in [-0.2, 0) is 11.2 Å². The van der Waals surface area contributed by atoms with Gasteiger partial charge in [0.15, 0.2) is 0 Å². The van der Waals surface area contributed by atoms with Crippen molar-refractivity contribution >= 4 is 11.6 Å². The molecule has 20 heavy (non-hydrogen) atoms. The van der Waals surface area contributed by atoms with E-state index in [0.29, 0.717) is 22.9 Å². The Kier molecular flexibility index (Phi) is 4.40. The number of anilines is 1. The van der Waals surface area contributed by atoms with E-state index < -0.39 is 0 Å². The normalized spacial score (nSPS) is 10.6. The van der Waals surface area contributed by atoms with Gasteiger partial charge in [-0.1, -0.05) is 17.3 Å². The second kappa shape index (κ2) is 6.23. The average molecular weight is 274 g/mol. The number of hydrogen-bond acceptors (Lipinski definition) is 4. The molecule has 1 aromatic carbocycles. The van der Waals surface area contributed by atoms with E-state index >= 15 is 0 Å². The van der Waals surface area contributed by atoms with Crippen molar-refractivity contribution in [3.8, 4) is 5.75 Å². The minimum absolute atomic E-state index is 0.0474. The van der Waals surface area contributed by atoms with Gasteiger partial charge in [0, 0.05) is 6.07 Å². The van der Waals surface area contributed by atoms with Gasteiger partial charge in [-0.05, 0) is 32.9 Å². The van der Waals surface area contributed by atoms with Crippen LogP contribution in [0.2, 0.25) is 0 Å². The Hall–Kier alpha value is -2.30. The molecule has 106 valence electrons. The molecule has 0 aliphatic carbocycles. The van der Waals surface area contributed by atoms with E-state index in [9.17, 15) is 4.79 Å². The lowest BCUT2D eigenvalue weighted by atomic mass is 10.2. The van der Waals surface area contributed by atoms with Gasteiger partial charge in [0.1, 0.15) is 11.5 Å². The number of carbonyl (C=O) groups excluding carboxylic acids is 1. The van der Waals surface area contributed by atoms with Crippen LogP contribution < -0.4 is 10.1 Å². The minimum Gasteiger partial charge on any atom is -0.489 e. The Morgan fingerprint density at radius 2 is 2.15 bits per heavy atom. The van der Waals surface area contributed by atoms with Crippen molar-refractivity contribution in [1.82, 2.24) is 5.16 Å². The first-order chi connectivity index (χ1) is 9.54. The fourth-order valence-corrected chi connectivity index (χ4v) is 1.79. The molecule has 0 spiro atoms. The molecule has 1 aromatic heterocycles. The van der Waals surface area contributed by atoms with E-state index in [1.165, 1.54) is 0 Å². The Labute approximate surface area is 117 Å². The Bertz CT molecular complexity index is 590. The molecule has 5 nitrogen and oxygen atoms in total. The van der Waals surface area contributed by atoms with Crippen LogP contribution in [0.3, 0.4) is 0 Å². The van der Waals surface area contributed by atoms with Crippen molar-refractivity contribution in [3.05, 3.63) is 41.8 Å². The predicted octanol–water partition coefficient (Wildman–Crippen LogP) is 2.95. The van der Waals surface area contributed by atoms with Crippen LogP contribution in [0.5, 0.6) is 5.75 Å². The number of hydrogen-bond donors (Lipinski definition) is 1. The van der Waals surface area contributed by atoms with Crippen LogP contribution in [0.25, 0.3) is 0 Å². The van der Waals surface area contributed by atoms with Crippen LogP contribution in [0.4, 0.5) is 5.69 Å². The highest BCUT2D eigenvalue weighted by atomic mass is 16.5. The van der Waals surface area contributed by atoms with E-state index in [4.69, 9.17) is 9.26 Å². The number of para-hydroxylation sites is 2. The smallest absolute Gasteiger partial charge is 0.230 e. The van der Waals surface area contributed by atoms with Crippen LogP contribution in [0, 0.1) is 6.92 Å². The third-order valence-electron chi connectivity index (χ3n) is 2.54. The van der Waals surface area contributed by atoms with Crippen molar-refractivity contribution in [2.75, 3.05) is 5.32 Å². The third-order valence-corrected chi connectivity index (χ3v) is 2.54. The molecule has 0 saturated carbocycles. The summed E-state index contributed by atoms with van der Waals surface area (Å²) >= 11 is 0. The lowest BCUT2D eigenvalue weighted by Crippen LogP contribution is -2.16. The molecular weight excluding hydrogens is 256 g/mol. The number of nitrogens with zero attached hydrogens (tertiary/aromatic N) is 1. The van der Waals surface area contributed by atoms with E-state index in [1.807, 2.05) is 38.1 Å². The topological polar surface area (TPSA) is 64.4 Å². The molecule has 0 unspecified atom stereocenters. The number of carbonyl (C=O) groups is 1. The lowest BCUT2D eigenvalue weighted by Gasteiger charge is -2.14. The molecule has 2 rings (SSSR count). The monoisotopic (exact) mass is 274 g/mol. The van der Waals surface area contributed by atoms with Crippen molar-refractivity contribution in [2.24, 2.45) is 0 Å². The first-order valence-electron chi connectivity index (χ1n) is 6.52. The maximum absolute atomic E-state index is 12.0. The Morgan fingerprint density at radius 1 is 1.40 bits per heavy atom. The molecule has 0 atom stereocenters. The molecule has 5 heteroatoms. The van der Waals surface area contributed by atoms with Crippen molar-refractivity contribution in [3.63, 3.8) is 0 Å². The van der Waals surface area contributed by atoms with Gasteiger partial charge in [-0.3, -0.25) is 4.79 Å². The Morgan fingerprint density at radius 3 is 2.80 bits per heavy atom. The molecule has 0 fully saturated rings. The van der Waals surface area contributed by atoms with Gasteiger partial charge in [-0.2, -0.15) is 0 Å². The number of amides is 1. The standard InChI is InChI=1S/C15H18N2O3/c1-10(2)19-14-7-5-4-6-13(14)16-15(18)9-12-8-11(3)20-17-12/h4-8,10H,9H2,1-3H3,(H,16,18). The zero-order valence-electron chi connectivity index (χ0n) is 11.8. The van der Waals surface area contributed by atoms with Crippen molar-refractivity contribution in [2.45, 2.75) is 33.3 Å². The fourth-order valence-electron chi connectivity index (χ4n) is 1.79. The lowest BCUT2D eigenvalue weighted by molar-refractivity contribution is -0.115. The highest BCUT2D eigenvalue weighted by molar-refractivity contribution is 5.93. The minimum atomic E-state index is -0.155. The molecule has 1 N–H and O–H groups in total. The highest BCUT2D eigenvalue weighted by Gasteiger charge is 2.11. The molecule has 1 amide bonds. The molecule has 0 aliphatic heterocycles. The number of nitrogens with one attached hydrogen (secondary N) is 1.